The smallest absolute Gasteiger partial charge is 0.271 e. The first-order valence-corrected chi connectivity index (χ1v) is 7.87. The number of nitrogens with one attached hydrogen (secondary N) is 2. The molecule has 7 nitrogen and oxygen atoms in total. The lowest BCUT2D eigenvalue weighted by Crippen LogP contribution is -2.23. The molecule has 3 rings (SSSR count). The molecule has 0 aliphatic carbocycles. The quantitative estimate of drug-likeness (QED) is 0.645. The fourth-order valence-electron chi connectivity index (χ4n) is 1.76. The van der Waals surface area contributed by atoms with Gasteiger partial charge in [-0.1, -0.05) is 15.9 Å². The molecule has 0 aliphatic heterocycles. The minimum atomic E-state index is -0.318. The minimum absolute atomic E-state index is 0.129. The third-order valence-electron chi connectivity index (χ3n) is 2.84. The van der Waals surface area contributed by atoms with Crippen molar-refractivity contribution >= 4 is 33.2 Å². The lowest BCUT2D eigenvalue weighted by Gasteiger charge is -2.06. The van der Waals surface area contributed by atoms with E-state index in [2.05, 4.69) is 41.4 Å². The van der Waals surface area contributed by atoms with Gasteiger partial charge in [-0.2, -0.15) is 5.10 Å². The van der Waals surface area contributed by atoms with E-state index in [0.29, 0.717) is 22.1 Å². The highest BCUT2D eigenvalue weighted by molar-refractivity contribution is 9.10. The van der Waals surface area contributed by atoms with Crippen LogP contribution in [0.3, 0.4) is 0 Å². The van der Waals surface area contributed by atoms with Crippen LogP contribution in [-0.2, 0) is 6.54 Å². The third-order valence-corrected chi connectivity index (χ3v) is 4.18. The summed E-state index contributed by atoms with van der Waals surface area (Å²) in [7, 11) is 0. The summed E-state index contributed by atoms with van der Waals surface area (Å²) in [6.07, 6.45) is 1.38. The van der Waals surface area contributed by atoms with E-state index in [0.717, 1.165) is 4.47 Å². The van der Waals surface area contributed by atoms with E-state index in [1.165, 1.54) is 17.7 Å². The summed E-state index contributed by atoms with van der Waals surface area (Å²) < 4.78 is 0.829. The van der Waals surface area contributed by atoms with Gasteiger partial charge in [0.2, 0.25) is 0 Å². The van der Waals surface area contributed by atoms with Crippen molar-refractivity contribution in [2.75, 3.05) is 0 Å². The second kappa shape index (κ2) is 6.24. The van der Waals surface area contributed by atoms with E-state index in [9.17, 15) is 9.90 Å². The van der Waals surface area contributed by atoms with Crippen molar-refractivity contribution in [2.45, 2.75) is 6.54 Å². The molecule has 0 fully saturated rings. The number of carbonyl (C=O) groups is 1. The Hall–Kier alpha value is -2.26. The van der Waals surface area contributed by atoms with Crippen molar-refractivity contribution in [1.82, 2.24) is 25.5 Å². The highest BCUT2D eigenvalue weighted by Crippen LogP contribution is 2.22. The molecule has 3 aromatic rings. The molecule has 0 unspecified atom stereocenters. The van der Waals surface area contributed by atoms with E-state index < -0.39 is 0 Å². The van der Waals surface area contributed by atoms with Crippen molar-refractivity contribution in [3.63, 3.8) is 0 Å². The van der Waals surface area contributed by atoms with Gasteiger partial charge in [0.1, 0.15) is 17.8 Å². The fourth-order valence-corrected chi connectivity index (χ4v) is 2.91. The summed E-state index contributed by atoms with van der Waals surface area (Å²) >= 11 is 4.62. The first-order chi connectivity index (χ1) is 10.6. The third kappa shape index (κ3) is 3.15. The van der Waals surface area contributed by atoms with Crippen LogP contribution in [0.1, 0.15) is 16.1 Å². The maximum absolute atomic E-state index is 12.1. The number of carbonyl (C=O) groups excluding carboxylic acids is 1. The summed E-state index contributed by atoms with van der Waals surface area (Å²) in [6, 6.07) is 5.04. The van der Waals surface area contributed by atoms with E-state index >= 15 is 0 Å². The molecular weight excluding hydrogens is 370 g/mol. The number of halogens is 1. The number of aromatic amines is 1. The molecule has 1 aromatic carbocycles. The van der Waals surface area contributed by atoms with Gasteiger partial charge in [-0.25, -0.2) is 9.97 Å². The number of hydrogen-bond donors (Lipinski definition) is 3. The Balaban J connectivity index is 1.69. The lowest BCUT2D eigenvalue weighted by molar-refractivity contribution is 0.0946. The van der Waals surface area contributed by atoms with Crippen LogP contribution in [0.5, 0.6) is 5.75 Å². The van der Waals surface area contributed by atoms with Gasteiger partial charge in [0.25, 0.3) is 5.91 Å². The number of aromatic nitrogens is 4. The summed E-state index contributed by atoms with van der Waals surface area (Å²) in [5.74, 6) is 0.333. The monoisotopic (exact) mass is 379 g/mol. The number of benzene rings is 1. The number of hydrogen-bond acceptors (Lipinski definition) is 6. The highest BCUT2D eigenvalue weighted by atomic mass is 79.9. The zero-order valence-electron chi connectivity index (χ0n) is 11.1. The van der Waals surface area contributed by atoms with Crippen molar-refractivity contribution < 1.29 is 9.90 Å². The number of phenols is 1. The molecule has 22 heavy (non-hydrogen) atoms. The summed E-state index contributed by atoms with van der Waals surface area (Å²) in [6.45, 7) is 0.208. The maximum atomic E-state index is 12.1. The van der Waals surface area contributed by atoms with Crippen LogP contribution in [-0.4, -0.2) is 31.2 Å². The molecule has 0 spiro atoms. The Morgan fingerprint density at radius 2 is 2.32 bits per heavy atom. The zero-order chi connectivity index (χ0) is 15.5. The summed E-state index contributed by atoms with van der Waals surface area (Å²) in [5, 5.41) is 21.1. The van der Waals surface area contributed by atoms with Crippen LogP contribution in [0, 0.1) is 0 Å². The Bertz CT molecular complexity index is 803. The van der Waals surface area contributed by atoms with Gasteiger partial charge in [-0.05, 0) is 18.2 Å². The second-order valence-corrected chi connectivity index (χ2v) is 6.10. The van der Waals surface area contributed by atoms with Gasteiger partial charge in [0.15, 0.2) is 10.8 Å². The van der Waals surface area contributed by atoms with Gasteiger partial charge < -0.3 is 10.4 Å². The molecule has 0 aliphatic rings. The Labute approximate surface area is 137 Å². The van der Waals surface area contributed by atoms with E-state index in [-0.39, 0.29) is 18.2 Å². The molecular formula is C13H10BrN5O2S. The predicted molar refractivity (Wildman–Crippen MR) is 84.5 cm³/mol. The Morgan fingerprint density at radius 3 is 3.09 bits per heavy atom. The Kier molecular flexibility index (Phi) is 4.16. The van der Waals surface area contributed by atoms with E-state index in [1.54, 1.807) is 23.6 Å². The molecule has 0 bridgehead atoms. The van der Waals surface area contributed by atoms with Crippen LogP contribution in [0.2, 0.25) is 0 Å². The van der Waals surface area contributed by atoms with E-state index in [1.807, 2.05) is 0 Å². The molecule has 0 atom stereocenters. The molecule has 0 saturated carbocycles. The van der Waals surface area contributed by atoms with Gasteiger partial charge in [0, 0.05) is 22.0 Å². The molecule has 9 heteroatoms. The topological polar surface area (TPSA) is 104 Å². The van der Waals surface area contributed by atoms with Crippen molar-refractivity contribution in [1.29, 1.82) is 0 Å². The molecule has 2 heterocycles. The number of rotatable bonds is 4. The molecule has 2 aromatic heterocycles. The lowest BCUT2D eigenvalue weighted by atomic mass is 10.2. The number of thiazole rings is 1. The van der Waals surface area contributed by atoms with Gasteiger partial charge in [-0.3, -0.25) is 9.89 Å². The zero-order valence-corrected chi connectivity index (χ0v) is 13.5. The van der Waals surface area contributed by atoms with Gasteiger partial charge in [-0.15, -0.1) is 11.3 Å². The first-order valence-electron chi connectivity index (χ1n) is 6.20. The van der Waals surface area contributed by atoms with Gasteiger partial charge >= 0.3 is 0 Å². The summed E-state index contributed by atoms with van der Waals surface area (Å²) in [4.78, 5) is 20.3. The van der Waals surface area contributed by atoms with E-state index in [4.69, 9.17) is 0 Å². The molecule has 3 N–H and O–H groups in total. The average Bonchev–Trinajstić information content (AvgIpc) is 3.18. The summed E-state index contributed by atoms with van der Waals surface area (Å²) in [5.41, 5.74) is 0.916. The SMILES string of the molecule is O=C(NCc1cc(Br)ccc1O)c1csc(-c2ncn[nH]2)n1. The number of nitrogens with zero attached hydrogens (tertiary/aromatic N) is 3. The van der Waals surface area contributed by atoms with Crippen molar-refractivity contribution in [2.24, 2.45) is 0 Å². The van der Waals surface area contributed by atoms with Crippen LogP contribution in [0.15, 0.2) is 34.4 Å². The predicted octanol–water partition coefficient (Wildman–Crippen LogP) is 2.33. The van der Waals surface area contributed by atoms with Crippen molar-refractivity contribution in [3.05, 3.63) is 45.6 Å². The number of amides is 1. The van der Waals surface area contributed by atoms with Crippen LogP contribution < -0.4 is 5.32 Å². The number of aromatic hydroxyl groups is 1. The standard InChI is InChI=1S/C13H10BrN5O2S/c14-8-1-2-10(20)7(3-8)4-15-12(21)9-5-22-13(18-9)11-16-6-17-19-11/h1-3,5-6,20H,4H2,(H,15,21)(H,16,17,19). The van der Waals surface area contributed by atoms with Crippen LogP contribution >= 0.6 is 27.3 Å². The highest BCUT2D eigenvalue weighted by Gasteiger charge is 2.13. The minimum Gasteiger partial charge on any atom is -0.508 e. The fraction of sp³-hybridized carbons (Fsp3) is 0.0769. The largest absolute Gasteiger partial charge is 0.508 e. The van der Waals surface area contributed by atoms with Gasteiger partial charge in [0.05, 0.1) is 0 Å². The number of phenolic OH excluding ortho intramolecular Hbond substituents is 1. The van der Waals surface area contributed by atoms with Crippen LogP contribution in [0.25, 0.3) is 10.8 Å². The average molecular weight is 380 g/mol. The second-order valence-electron chi connectivity index (χ2n) is 4.33. The first kappa shape index (κ1) is 14.7. The molecule has 112 valence electrons. The normalized spacial score (nSPS) is 10.6. The Morgan fingerprint density at radius 1 is 1.45 bits per heavy atom. The molecule has 1 amide bonds. The molecule has 0 saturated heterocycles. The molecule has 0 radical (unpaired) electrons. The van der Waals surface area contributed by atoms with Crippen molar-refractivity contribution in [3.8, 4) is 16.6 Å². The maximum Gasteiger partial charge on any atom is 0.271 e. The number of H-pyrrole nitrogens is 1. The van der Waals surface area contributed by atoms with Crippen LogP contribution in [0.4, 0.5) is 0 Å².